The molecule has 0 spiro atoms. The molecule has 0 aromatic heterocycles. The fourth-order valence-electron chi connectivity index (χ4n) is 1.51. The van der Waals surface area contributed by atoms with E-state index in [1.54, 1.807) is 6.92 Å². The highest BCUT2D eigenvalue weighted by atomic mass is 16.4. The van der Waals surface area contributed by atoms with Crippen LogP contribution in [0, 0.1) is 0 Å². The second-order valence-corrected chi connectivity index (χ2v) is 5.19. The third kappa shape index (κ3) is 18.4. The summed E-state index contributed by atoms with van der Waals surface area (Å²) < 4.78 is 0. The Balaban J connectivity index is 0. The van der Waals surface area contributed by atoms with Gasteiger partial charge in [-0.25, -0.2) is 9.59 Å². The standard InChI is InChI=1S/C13H24O2.C4H6O2/c1-3-4-5-6-7-8-9-10-11-12(2)13(14)15;1-3(2)4(5)6/h11H,3-10H2,1-2H3,(H,14,15);1H2,2H3,(H,5,6). The van der Waals surface area contributed by atoms with Gasteiger partial charge in [-0.3, -0.25) is 0 Å². The van der Waals surface area contributed by atoms with Crippen LogP contribution in [0.3, 0.4) is 0 Å². The Morgan fingerprint density at radius 2 is 1.33 bits per heavy atom. The Morgan fingerprint density at radius 1 is 0.905 bits per heavy atom. The van der Waals surface area contributed by atoms with E-state index in [1.807, 2.05) is 6.08 Å². The Labute approximate surface area is 128 Å². The summed E-state index contributed by atoms with van der Waals surface area (Å²) >= 11 is 0. The largest absolute Gasteiger partial charge is 0.478 e. The smallest absolute Gasteiger partial charge is 0.330 e. The van der Waals surface area contributed by atoms with E-state index >= 15 is 0 Å². The van der Waals surface area contributed by atoms with Crippen molar-refractivity contribution in [1.82, 2.24) is 0 Å². The monoisotopic (exact) mass is 298 g/mol. The minimum Gasteiger partial charge on any atom is -0.478 e. The number of carbonyl (C=O) groups is 2. The van der Waals surface area contributed by atoms with Crippen molar-refractivity contribution in [3.8, 4) is 0 Å². The van der Waals surface area contributed by atoms with Crippen LogP contribution in [-0.4, -0.2) is 22.2 Å². The summed E-state index contributed by atoms with van der Waals surface area (Å²) in [6.07, 6.45) is 11.7. The van der Waals surface area contributed by atoms with E-state index in [9.17, 15) is 9.59 Å². The molecule has 0 saturated carbocycles. The Morgan fingerprint density at radius 3 is 1.71 bits per heavy atom. The van der Waals surface area contributed by atoms with Crippen molar-refractivity contribution in [3.05, 3.63) is 23.8 Å². The summed E-state index contributed by atoms with van der Waals surface area (Å²) in [6.45, 7) is 8.48. The van der Waals surface area contributed by atoms with Gasteiger partial charge >= 0.3 is 11.9 Å². The molecular formula is C17H30O4. The average Bonchev–Trinajstić information content (AvgIpc) is 2.41. The van der Waals surface area contributed by atoms with Crippen molar-refractivity contribution < 1.29 is 19.8 Å². The first-order valence-electron chi connectivity index (χ1n) is 7.61. The number of allylic oxidation sites excluding steroid dienone is 1. The van der Waals surface area contributed by atoms with Crippen molar-refractivity contribution in [3.63, 3.8) is 0 Å². The van der Waals surface area contributed by atoms with Crippen LogP contribution in [0.5, 0.6) is 0 Å². The van der Waals surface area contributed by atoms with Crippen LogP contribution in [0.25, 0.3) is 0 Å². The quantitative estimate of drug-likeness (QED) is 0.448. The van der Waals surface area contributed by atoms with Crippen molar-refractivity contribution in [2.45, 2.75) is 72.1 Å². The van der Waals surface area contributed by atoms with Crippen LogP contribution < -0.4 is 0 Å². The zero-order valence-electron chi connectivity index (χ0n) is 13.7. The fraction of sp³-hybridized carbons (Fsp3) is 0.647. The van der Waals surface area contributed by atoms with Crippen LogP contribution in [0.1, 0.15) is 72.1 Å². The molecule has 0 heterocycles. The first kappa shape index (κ1) is 21.7. The van der Waals surface area contributed by atoms with Crippen LogP contribution in [0.15, 0.2) is 23.8 Å². The maximum absolute atomic E-state index is 10.5. The molecule has 0 amide bonds. The highest BCUT2D eigenvalue weighted by Crippen LogP contribution is 2.09. The molecule has 0 fully saturated rings. The molecule has 0 bridgehead atoms. The SMILES string of the molecule is C=C(C)C(=O)O.CCCCCCCCCC=C(C)C(=O)O. The number of hydrogen-bond donors (Lipinski definition) is 2. The first-order chi connectivity index (χ1) is 9.82. The first-order valence-corrected chi connectivity index (χ1v) is 7.61. The summed E-state index contributed by atoms with van der Waals surface area (Å²) in [4.78, 5) is 20.1. The lowest BCUT2D eigenvalue weighted by Gasteiger charge is -1.99. The van der Waals surface area contributed by atoms with Gasteiger partial charge in [0.15, 0.2) is 0 Å². The van der Waals surface area contributed by atoms with E-state index < -0.39 is 11.9 Å². The molecule has 0 aromatic rings. The van der Waals surface area contributed by atoms with Crippen molar-refractivity contribution in [2.75, 3.05) is 0 Å². The molecule has 0 unspecified atom stereocenters. The zero-order valence-corrected chi connectivity index (χ0v) is 13.7. The third-order valence-corrected chi connectivity index (χ3v) is 2.96. The summed E-state index contributed by atoms with van der Waals surface area (Å²) in [5.74, 6) is -1.73. The molecular weight excluding hydrogens is 268 g/mol. The van der Waals surface area contributed by atoms with Gasteiger partial charge in [0.1, 0.15) is 0 Å². The molecule has 0 radical (unpaired) electrons. The van der Waals surface area contributed by atoms with Gasteiger partial charge in [0.05, 0.1) is 0 Å². The number of carboxylic acid groups (broad SMARTS) is 2. The minimum absolute atomic E-state index is 0.176. The molecule has 0 aliphatic heterocycles. The maximum Gasteiger partial charge on any atom is 0.330 e. The summed E-state index contributed by atoms with van der Waals surface area (Å²) in [7, 11) is 0. The van der Waals surface area contributed by atoms with Gasteiger partial charge in [-0.15, -0.1) is 0 Å². The van der Waals surface area contributed by atoms with Gasteiger partial charge in [-0.2, -0.15) is 0 Å². The lowest BCUT2D eigenvalue weighted by molar-refractivity contribution is -0.133. The van der Waals surface area contributed by atoms with Gasteiger partial charge in [-0.05, 0) is 26.7 Å². The Hall–Kier alpha value is -1.58. The molecule has 4 heteroatoms. The second kappa shape index (κ2) is 14.8. The predicted molar refractivity (Wildman–Crippen MR) is 86.5 cm³/mol. The van der Waals surface area contributed by atoms with Crippen LogP contribution in [0.2, 0.25) is 0 Å². The molecule has 0 aliphatic carbocycles. The van der Waals surface area contributed by atoms with Crippen LogP contribution in [-0.2, 0) is 9.59 Å². The average molecular weight is 298 g/mol. The molecule has 0 aromatic carbocycles. The minimum atomic E-state index is -0.935. The number of carboxylic acids is 2. The Bertz CT molecular complexity index is 331. The van der Waals surface area contributed by atoms with E-state index in [0.29, 0.717) is 5.57 Å². The molecule has 0 atom stereocenters. The molecule has 0 saturated heterocycles. The second-order valence-electron chi connectivity index (χ2n) is 5.19. The zero-order chi connectivity index (χ0) is 16.7. The van der Waals surface area contributed by atoms with Gasteiger partial charge in [0.25, 0.3) is 0 Å². The molecule has 4 nitrogen and oxygen atoms in total. The van der Waals surface area contributed by atoms with Crippen LogP contribution in [0.4, 0.5) is 0 Å². The normalized spacial score (nSPS) is 10.5. The fourth-order valence-corrected chi connectivity index (χ4v) is 1.51. The summed E-state index contributed by atoms with van der Waals surface area (Å²) in [5.41, 5.74) is 0.649. The van der Waals surface area contributed by atoms with Gasteiger partial charge in [0, 0.05) is 11.1 Å². The molecule has 21 heavy (non-hydrogen) atoms. The van der Waals surface area contributed by atoms with Gasteiger partial charge < -0.3 is 10.2 Å². The third-order valence-electron chi connectivity index (χ3n) is 2.96. The van der Waals surface area contributed by atoms with Crippen molar-refractivity contribution in [1.29, 1.82) is 0 Å². The topological polar surface area (TPSA) is 74.6 Å². The molecule has 0 aliphatic rings. The number of hydrogen-bond acceptors (Lipinski definition) is 2. The van der Waals surface area contributed by atoms with Gasteiger partial charge in [0.2, 0.25) is 0 Å². The molecule has 122 valence electrons. The number of aliphatic carboxylic acids is 2. The highest BCUT2D eigenvalue weighted by Gasteiger charge is 1.97. The maximum atomic E-state index is 10.5. The van der Waals surface area contributed by atoms with E-state index in [1.165, 1.54) is 45.4 Å². The molecule has 0 rings (SSSR count). The van der Waals surface area contributed by atoms with Crippen molar-refractivity contribution >= 4 is 11.9 Å². The lowest BCUT2D eigenvalue weighted by atomic mass is 10.1. The van der Waals surface area contributed by atoms with E-state index in [0.717, 1.165) is 12.8 Å². The molecule has 2 N–H and O–H groups in total. The van der Waals surface area contributed by atoms with Crippen LogP contribution >= 0.6 is 0 Å². The number of rotatable bonds is 10. The number of unbranched alkanes of at least 4 members (excludes halogenated alkanes) is 7. The van der Waals surface area contributed by atoms with E-state index in [-0.39, 0.29) is 5.57 Å². The summed E-state index contributed by atoms with van der Waals surface area (Å²) in [6, 6.07) is 0. The lowest BCUT2D eigenvalue weighted by Crippen LogP contribution is -1.95. The van der Waals surface area contributed by atoms with Crippen molar-refractivity contribution in [2.24, 2.45) is 0 Å². The summed E-state index contributed by atoms with van der Waals surface area (Å²) in [5, 5.41) is 16.5. The predicted octanol–water partition coefficient (Wildman–Crippen LogP) is 4.81. The van der Waals surface area contributed by atoms with Gasteiger partial charge in [-0.1, -0.05) is 58.1 Å². The highest BCUT2D eigenvalue weighted by molar-refractivity contribution is 5.85. The van der Waals surface area contributed by atoms with E-state index in [4.69, 9.17) is 10.2 Å². The van der Waals surface area contributed by atoms with E-state index in [2.05, 4.69) is 13.5 Å². The Kier molecular flexibility index (Phi) is 15.3.